The number of esters is 1. The molecule has 2 bridgehead atoms. The quantitative estimate of drug-likeness (QED) is 0.710. The maximum atomic E-state index is 11.9. The van der Waals surface area contributed by atoms with Crippen LogP contribution in [0.4, 0.5) is 0 Å². The Morgan fingerprint density at radius 3 is 3.00 bits per heavy atom. The van der Waals surface area contributed by atoms with E-state index < -0.39 is 5.69 Å². The SMILES string of the molecule is O=C(OCc1n[nH]c(=O)[nH]1)[C@@H]1C[C@@H]2O[C@H]1[C@H]1C[C@H]12. The summed E-state index contributed by atoms with van der Waals surface area (Å²) < 4.78 is 10.9. The van der Waals surface area contributed by atoms with Crippen LogP contribution in [0.15, 0.2) is 4.79 Å². The Hall–Kier alpha value is -1.63. The van der Waals surface area contributed by atoms with Crippen molar-refractivity contribution in [1.82, 2.24) is 15.2 Å². The lowest BCUT2D eigenvalue weighted by molar-refractivity contribution is -0.152. The van der Waals surface area contributed by atoms with Crippen LogP contribution in [0, 0.1) is 17.8 Å². The highest BCUT2D eigenvalue weighted by Crippen LogP contribution is 2.60. The maximum Gasteiger partial charge on any atom is 0.340 e. The molecule has 1 aliphatic carbocycles. The molecule has 3 aliphatic rings. The summed E-state index contributed by atoms with van der Waals surface area (Å²) in [6.07, 6.45) is 2.31. The number of ether oxygens (including phenoxy) is 2. The largest absolute Gasteiger partial charge is 0.457 e. The zero-order chi connectivity index (χ0) is 12.3. The van der Waals surface area contributed by atoms with Crippen LogP contribution in [-0.2, 0) is 20.9 Å². The van der Waals surface area contributed by atoms with Crippen molar-refractivity contribution in [3.63, 3.8) is 0 Å². The number of aromatic nitrogens is 3. The molecular weight excluding hydrogens is 238 g/mol. The van der Waals surface area contributed by atoms with Gasteiger partial charge in [0.2, 0.25) is 0 Å². The monoisotopic (exact) mass is 251 g/mol. The van der Waals surface area contributed by atoms with E-state index in [1.165, 1.54) is 6.42 Å². The smallest absolute Gasteiger partial charge is 0.340 e. The zero-order valence-corrected chi connectivity index (χ0v) is 9.59. The molecule has 2 saturated heterocycles. The van der Waals surface area contributed by atoms with Crippen LogP contribution in [0.1, 0.15) is 18.7 Å². The molecule has 96 valence electrons. The molecular formula is C11H13N3O4. The third-order valence-electron chi connectivity index (χ3n) is 4.21. The predicted molar refractivity (Wildman–Crippen MR) is 57.4 cm³/mol. The average Bonchev–Trinajstić information content (AvgIpc) is 2.75. The van der Waals surface area contributed by atoms with Crippen molar-refractivity contribution in [2.24, 2.45) is 17.8 Å². The molecule has 18 heavy (non-hydrogen) atoms. The molecule has 0 amide bonds. The summed E-state index contributed by atoms with van der Waals surface area (Å²) in [5, 5.41) is 5.91. The van der Waals surface area contributed by atoms with Gasteiger partial charge < -0.3 is 9.47 Å². The molecule has 3 heterocycles. The van der Waals surface area contributed by atoms with E-state index in [9.17, 15) is 9.59 Å². The molecule has 4 rings (SSSR count). The van der Waals surface area contributed by atoms with Crippen molar-refractivity contribution >= 4 is 5.97 Å². The van der Waals surface area contributed by atoms with E-state index >= 15 is 0 Å². The van der Waals surface area contributed by atoms with Crippen molar-refractivity contribution in [1.29, 1.82) is 0 Å². The van der Waals surface area contributed by atoms with Crippen LogP contribution in [0.25, 0.3) is 0 Å². The van der Waals surface area contributed by atoms with E-state index in [1.54, 1.807) is 0 Å². The second-order valence-corrected chi connectivity index (χ2v) is 5.28. The molecule has 7 nitrogen and oxygen atoms in total. The molecule has 1 saturated carbocycles. The molecule has 3 fully saturated rings. The Labute approximate surface area is 102 Å². The molecule has 2 aliphatic heterocycles. The number of carbonyl (C=O) groups is 1. The Bertz CT molecular complexity index is 550. The summed E-state index contributed by atoms with van der Waals surface area (Å²) >= 11 is 0. The molecule has 0 aromatic carbocycles. The fourth-order valence-corrected chi connectivity index (χ4v) is 3.30. The summed E-state index contributed by atoms with van der Waals surface area (Å²) in [4.78, 5) is 25.2. The lowest BCUT2D eigenvalue weighted by atomic mass is 9.89. The van der Waals surface area contributed by atoms with Gasteiger partial charge in [0.1, 0.15) is 0 Å². The Kier molecular flexibility index (Phi) is 1.97. The zero-order valence-electron chi connectivity index (χ0n) is 9.59. The van der Waals surface area contributed by atoms with Crippen LogP contribution < -0.4 is 5.69 Å². The molecule has 0 radical (unpaired) electrons. The third-order valence-corrected chi connectivity index (χ3v) is 4.21. The first-order valence-corrected chi connectivity index (χ1v) is 6.18. The van der Waals surface area contributed by atoms with Crippen molar-refractivity contribution in [3.8, 4) is 0 Å². The summed E-state index contributed by atoms with van der Waals surface area (Å²) in [5.74, 6) is 1.23. The number of carbonyl (C=O) groups excluding carboxylic acids is 1. The molecule has 1 aromatic heterocycles. The topological polar surface area (TPSA) is 97.1 Å². The van der Waals surface area contributed by atoms with Gasteiger partial charge in [-0.15, -0.1) is 0 Å². The highest BCUT2D eigenvalue weighted by atomic mass is 16.5. The molecule has 0 unspecified atom stereocenters. The minimum absolute atomic E-state index is 0.000441. The van der Waals surface area contributed by atoms with Crippen LogP contribution in [-0.4, -0.2) is 33.4 Å². The summed E-state index contributed by atoms with van der Waals surface area (Å²) in [7, 11) is 0. The van der Waals surface area contributed by atoms with Gasteiger partial charge in [0, 0.05) is 0 Å². The van der Waals surface area contributed by atoms with Gasteiger partial charge in [0.05, 0.1) is 18.1 Å². The minimum atomic E-state index is -0.398. The molecule has 2 N–H and O–H groups in total. The van der Waals surface area contributed by atoms with Crippen molar-refractivity contribution < 1.29 is 14.3 Å². The highest BCUT2D eigenvalue weighted by molar-refractivity contribution is 5.74. The van der Waals surface area contributed by atoms with E-state index in [0.717, 1.165) is 6.42 Å². The average molecular weight is 251 g/mol. The number of fused-ring (bicyclic) bond motifs is 5. The standard InChI is InChI=1S/C11H13N3O4/c15-10(17-3-8-12-11(16)14-13-8)6-2-7-4-1-5(4)9(6)18-7/h4-7,9H,1-3H2,(H2,12,13,14,16)/t4-,5+,6-,7+,9+/m1/s1. The van der Waals surface area contributed by atoms with Crippen LogP contribution >= 0.6 is 0 Å². The van der Waals surface area contributed by atoms with E-state index in [0.29, 0.717) is 17.7 Å². The van der Waals surface area contributed by atoms with Gasteiger partial charge in [-0.2, -0.15) is 5.10 Å². The first kappa shape index (κ1) is 10.3. The molecule has 7 heteroatoms. The van der Waals surface area contributed by atoms with Crippen LogP contribution in [0.5, 0.6) is 0 Å². The lowest BCUT2D eigenvalue weighted by Gasteiger charge is -2.16. The number of hydrogen-bond acceptors (Lipinski definition) is 5. The summed E-state index contributed by atoms with van der Waals surface area (Å²) in [6, 6.07) is 0. The normalized spacial score (nSPS) is 39.7. The van der Waals surface area contributed by atoms with E-state index in [2.05, 4.69) is 15.2 Å². The molecule has 5 atom stereocenters. The highest BCUT2D eigenvalue weighted by Gasteiger charge is 2.64. The van der Waals surface area contributed by atoms with Gasteiger partial charge in [0.15, 0.2) is 12.4 Å². The number of nitrogens with zero attached hydrogens (tertiary/aromatic N) is 1. The van der Waals surface area contributed by atoms with E-state index in [4.69, 9.17) is 9.47 Å². The number of nitrogens with one attached hydrogen (secondary N) is 2. The van der Waals surface area contributed by atoms with E-state index in [1.807, 2.05) is 0 Å². The second kappa shape index (κ2) is 3.44. The van der Waals surface area contributed by atoms with Gasteiger partial charge in [-0.05, 0) is 24.7 Å². The van der Waals surface area contributed by atoms with E-state index in [-0.39, 0.29) is 30.7 Å². The van der Waals surface area contributed by atoms with Gasteiger partial charge in [-0.3, -0.25) is 9.78 Å². The van der Waals surface area contributed by atoms with Crippen molar-refractivity contribution in [2.75, 3.05) is 0 Å². The Morgan fingerprint density at radius 2 is 2.33 bits per heavy atom. The first-order chi connectivity index (χ1) is 8.72. The third kappa shape index (κ3) is 1.43. The van der Waals surface area contributed by atoms with Gasteiger partial charge in [-0.25, -0.2) is 9.89 Å². The predicted octanol–water partition coefficient (Wildman–Crippen LogP) is -0.435. The number of hydrogen-bond donors (Lipinski definition) is 2. The number of H-pyrrole nitrogens is 2. The van der Waals surface area contributed by atoms with Gasteiger partial charge in [-0.1, -0.05) is 0 Å². The van der Waals surface area contributed by atoms with Crippen LogP contribution in [0.3, 0.4) is 0 Å². The van der Waals surface area contributed by atoms with Crippen molar-refractivity contribution in [2.45, 2.75) is 31.7 Å². The number of aromatic amines is 2. The Morgan fingerprint density at radius 1 is 1.44 bits per heavy atom. The van der Waals surface area contributed by atoms with Crippen molar-refractivity contribution in [3.05, 3.63) is 16.3 Å². The Balaban J connectivity index is 1.38. The summed E-state index contributed by atoms with van der Waals surface area (Å²) in [5.41, 5.74) is -0.398. The van der Waals surface area contributed by atoms with Gasteiger partial charge >= 0.3 is 11.7 Å². The fraction of sp³-hybridized carbons (Fsp3) is 0.727. The molecule has 1 aromatic rings. The van der Waals surface area contributed by atoms with Crippen LogP contribution in [0.2, 0.25) is 0 Å². The second-order valence-electron chi connectivity index (χ2n) is 5.28. The fourth-order valence-electron chi connectivity index (χ4n) is 3.30. The van der Waals surface area contributed by atoms with Gasteiger partial charge in [0.25, 0.3) is 0 Å². The maximum absolute atomic E-state index is 11.9. The lowest BCUT2D eigenvalue weighted by Crippen LogP contribution is -2.29. The number of rotatable bonds is 3. The summed E-state index contributed by atoms with van der Waals surface area (Å²) in [6.45, 7) is -0.000441. The minimum Gasteiger partial charge on any atom is -0.457 e. The molecule has 0 spiro atoms. The first-order valence-electron chi connectivity index (χ1n) is 6.18.